The van der Waals surface area contributed by atoms with Crippen molar-refractivity contribution in [3.8, 4) is 0 Å². The number of hydrogen-bond acceptors (Lipinski definition) is 3. The standard InChI is InChI=1S/C18H26N2O3/c1-13(2)11-23-12-15(21)8-19-18(22)10-20-9-14(3)16-6-4-5-7-17(16)20/h4-7,9,13,15,21H,8,10-12H2,1-3H3,(H,19,22). The number of carbonyl (C=O) groups excluding carboxylic acids is 1. The fourth-order valence-corrected chi connectivity index (χ4v) is 2.50. The number of carbonyl (C=O) groups is 1. The number of aliphatic hydroxyl groups is 1. The van der Waals surface area contributed by atoms with Crippen LogP contribution in [0.4, 0.5) is 0 Å². The van der Waals surface area contributed by atoms with Gasteiger partial charge in [0.25, 0.3) is 0 Å². The first-order chi connectivity index (χ1) is 11.0. The molecule has 1 aromatic heterocycles. The minimum Gasteiger partial charge on any atom is -0.389 e. The van der Waals surface area contributed by atoms with E-state index in [1.165, 1.54) is 0 Å². The molecular weight excluding hydrogens is 292 g/mol. The first-order valence-electron chi connectivity index (χ1n) is 8.04. The van der Waals surface area contributed by atoms with E-state index < -0.39 is 6.10 Å². The van der Waals surface area contributed by atoms with E-state index in [4.69, 9.17) is 4.74 Å². The third-order valence-electron chi connectivity index (χ3n) is 3.60. The molecule has 0 aliphatic heterocycles. The van der Waals surface area contributed by atoms with Gasteiger partial charge in [0.1, 0.15) is 6.54 Å². The predicted octanol–water partition coefficient (Wildman–Crippen LogP) is 2.10. The molecule has 5 heteroatoms. The quantitative estimate of drug-likeness (QED) is 0.783. The molecule has 0 radical (unpaired) electrons. The average molecular weight is 318 g/mol. The molecule has 0 aliphatic rings. The van der Waals surface area contributed by atoms with Crippen LogP contribution in [0.2, 0.25) is 0 Å². The second-order valence-corrected chi connectivity index (χ2v) is 6.35. The number of aromatic nitrogens is 1. The highest BCUT2D eigenvalue weighted by Gasteiger charge is 2.11. The number of aliphatic hydroxyl groups excluding tert-OH is 1. The molecule has 1 heterocycles. The summed E-state index contributed by atoms with van der Waals surface area (Å²) in [7, 11) is 0. The van der Waals surface area contributed by atoms with Crippen molar-refractivity contribution >= 4 is 16.8 Å². The van der Waals surface area contributed by atoms with E-state index in [2.05, 4.69) is 25.2 Å². The lowest BCUT2D eigenvalue weighted by molar-refractivity contribution is -0.122. The molecule has 2 rings (SSSR count). The molecule has 0 saturated heterocycles. The molecule has 0 bridgehead atoms. The number of fused-ring (bicyclic) bond motifs is 1. The maximum absolute atomic E-state index is 12.1. The van der Waals surface area contributed by atoms with Gasteiger partial charge < -0.3 is 19.7 Å². The second kappa shape index (κ2) is 8.13. The summed E-state index contributed by atoms with van der Waals surface area (Å²) < 4.78 is 7.29. The number of hydrogen-bond donors (Lipinski definition) is 2. The zero-order chi connectivity index (χ0) is 16.8. The summed E-state index contributed by atoms with van der Waals surface area (Å²) >= 11 is 0. The van der Waals surface area contributed by atoms with Gasteiger partial charge in [-0.15, -0.1) is 0 Å². The summed E-state index contributed by atoms with van der Waals surface area (Å²) in [5.74, 6) is 0.315. The number of benzene rings is 1. The second-order valence-electron chi connectivity index (χ2n) is 6.35. The van der Waals surface area contributed by atoms with Crippen molar-refractivity contribution in [1.82, 2.24) is 9.88 Å². The minimum atomic E-state index is -0.680. The number of ether oxygens (including phenoxy) is 1. The van der Waals surface area contributed by atoms with Gasteiger partial charge in [0, 0.05) is 30.3 Å². The van der Waals surface area contributed by atoms with Gasteiger partial charge in [-0.2, -0.15) is 0 Å². The molecule has 1 unspecified atom stereocenters. The maximum Gasteiger partial charge on any atom is 0.240 e. The van der Waals surface area contributed by atoms with Crippen LogP contribution in [-0.4, -0.2) is 41.4 Å². The van der Waals surface area contributed by atoms with Crippen molar-refractivity contribution in [3.63, 3.8) is 0 Å². The summed E-state index contributed by atoms with van der Waals surface area (Å²) in [4.78, 5) is 12.1. The van der Waals surface area contributed by atoms with Crippen molar-refractivity contribution in [2.75, 3.05) is 19.8 Å². The highest BCUT2D eigenvalue weighted by molar-refractivity contribution is 5.85. The summed E-state index contributed by atoms with van der Waals surface area (Å²) in [5.41, 5.74) is 2.19. The Morgan fingerprint density at radius 2 is 2.04 bits per heavy atom. The van der Waals surface area contributed by atoms with Crippen LogP contribution in [0.5, 0.6) is 0 Å². The van der Waals surface area contributed by atoms with E-state index >= 15 is 0 Å². The van der Waals surface area contributed by atoms with Gasteiger partial charge in [-0.3, -0.25) is 4.79 Å². The number of amides is 1. The monoisotopic (exact) mass is 318 g/mol. The summed E-state index contributed by atoms with van der Waals surface area (Å²) in [6.07, 6.45) is 1.30. The third kappa shape index (κ3) is 5.08. The van der Waals surface area contributed by atoms with Crippen LogP contribution in [0.1, 0.15) is 19.4 Å². The van der Waals surface area contributed by atoms with Crippen LogP contribution in [0.3, 0.4) is 0 Å². The van der Waals surface area contributed by atoms with Gasteiger partial charge in [0.2, 0.25) is 5.91 Å². The molecule has 5 nitrogen and oxygen atoms in total. The van der Waals surface area contributed by atoms with Crippen LogP contribution >= 0.6 is 0 Å². The van der Waals surface area contributed by atoms with Crippen molar-refractivity contribution < 1.29 is 14.6 Å². The first kappa shape index (κ1) is 17.5. The fraction of sp³-hybridized carbons (Fsp3) is 0.500. The molecule has 1 aromatic carbocycles. The topological polar surface area (TPSA) is 63.5 Å². The highest BCUT2D eigenvalue weighted by atomic mass is 16.5. The van der Waals surface area contributed by atoms with Crippen LogP contribution in [-0.2, 0) is 16.1 Å². The van der Waals surface area contributed by atoms with Crippen molar-refractivity contribution in [2.24, 2.45) is 5.92 Å². The first-order valence-corrected chi connectivity index (χ1v) is 8.04. The number of aryl methyl sites for hydroxylation is 1. The lowest BCUT2D eigenvalue weighted by Gasteiger charge is -2.14. The molecule has 126 valence electrons. The average Bonchev–Trinajstić information content (AvgIpc) is 2.82. The predicted molar refractivity (Wildman–Crippen MR) is 91.3 cm³/mol. The lowest BCUT2D eigenvalue weighted by Crippen LogP contribution is -2.36. The zero-order valence-corrected chi connectivity index (χ0v) is 14.1. The summed E-state index contributed by atoms with van der Waals surface area (Å²) in [5, 5.41) is 13.7. The van der Waals surface area contributed by atoms with Crippen molar-refractivity contribution in [3.05, 3.63) is 36.0 Å². The highest BCUT2D eigenvalue weighted by Crippen LogP contribution is 2.19. The Bertz CT molecular complexity index is 649. The summed E-state index contributed by atoms with van der Waals surface area (Å²) in [6, 6.07) is 8.01. The molecular formula is C18H26N2O3. The maximum atomic E-state index is 12.1. The summed E-state index contributed by atoms with van der Waals surface area (Å²) in [6.45, 7) is 7.44. The molecule has 0 saturated carbocycles. The molecule has 2 N–H and O–H groups in total. The van der Waals surface area contributed by atoms with Crippen molar-refractivity contribution in [1.29, 1.82) is 0 Å². The molecule has 1 amide bonds. The Hall–Kier alpha value is -1.85. The van der Waals surface area contributed by atoms with Gasteiger partial charge in [0.05, 0.1) is 12.7 Å². The van der Waals surface area contributed by atoms with Gasteiger partial charge in [0.15, 0.2) is 0 Å². The molecule has 2 aromatic rings. The van der Waals surface area contributed by atoms with Crippen LogP contribution < -0.4 is 5.32 Å². The SMILES string of the molecule is Cc1cn(CC(=O)NCC(O)COCC(C)C)c2ccccc12. The normalized spacial score (nSPS) is 12.7. The molecule has 23 heavy (non-hydrogen) atoms. The van der Waals surface area contributed by atoms with E-state index in [0.717, 1.165) is 16.5 Å². The fourth-order valence-electron chi connectivity index (χ4n) is 2.50. The van der Waals surface area contributed by atoms with E-state index in [9.17, 15) is 9.90 Å². The van der Waals surface area contributed by atoms with Crippen LogP contribution in [0, 0.1) is 12.8 Å². The Morgan fingerprint density at radius 1 is 1.30 bits per heavy atom. The minimum absolute atomic E-state index is 0.117. The Kier molecular flexibility index (Phi) is 6.19. The van der Waals surface area contributed by atoms with Crippen LogP contribution in [0.15, 0.2) is 30.5 Å². The van der Waals surface area contributed by atoms with E-state index in [1.54, 1.807) is 0 Å². The van der Waals surface area contributed by atoms with E-state index in [1.807, 2.05) is 35.9 Å². The smallest absolute Gasteiger partial charge is 0.240 e. The zero-order valence-electron chi connectivity index (χ0n) is 14.1. The number of rotatable bonds is 8. The molecule has 1 atom stereocenters. The van der Waals surface area contributed by atoms with Gasteiger partial charge in [-0.1, -0.05) is 32.0 Å². The van der Waals surface area contributed by atoms with Gasteiger partial charge >= 0.3 is 0 Å². The molecule has 0 aliphatic carbocycles. The van der Waals surface area contributed by atoms with Gasteiger partial charge in [-0.05, 0) is 24.5 Å². The van der Waals surface area contributed by atoms with E-state index in [0.29, 0.717) is 12.5 Å². The largest absolute Gasteiger partial charge is 0.389 e. The molecule has 0 spiro atoms. The molecule has 0 fully saturated rings. The number of para-hydroxylation sites is 1. The lowest BCUT2D eigenvalue weighted by atomic mass is 10.2. The Labute approximate surface area is 137 Å². The number of nitrogens with zero attached hydrogens (tertiary/aromatic N) is 1. The van der Waals surface area contributed by atoms with Gasteiger partial charge in [-0.25, -0.2) is 0 Å². The third-order valence-corrected chi connectivity index (χ3v) is 3.60. The number of nitrogens with one attached hydrogen (secondary N) is 1. The van der Waals surface area contributed by atoms with E-state index in [-0.39, 0.29) is 25.6 Å². The Balaban J connectivity index is 1.82. The Morgan fingerprint density at radius 3 is 2.78 bits per heavy atom. The van der Waals surface area contributed by atoms with Crippen LogP contribution in [0.25, 0.3) is 10.9 Å². The van der Waals surface area contributed by atoms with Crippen molar-refractivity contribution in [2.45, 2.75) is 33.4 Å².